The lowest BCUT2D eigenvalue weighted by atomic mass is 10.2. The topological polar surface area (TPSA) is 109 Å². The van der Waals surface area contributed by atoms with Crippen molar-refractivity contribution in [3.8, 4) is 0 Å². The second-order valence-electron chi connectivity index (χ2n) is 5.25. The van der Waals surface area contributed by atoms with Crippen LogP contribution in [-0.2, 0) is 11.3 Å². The molecular formula is C19H29FN6OS. The first-order valence-corrected chi connectivity index (χ1v) is 9.27. The average molecular weight is 409 g/mol. The largest absolute Gasteiger partial charge is 0.388 e. The van der Waals surface area contributed by atoms with Crippen LogP contribution in [0.2, 0.25) is 0 Å². The lowest BCUT2D eigenvalue weighted by molar-refractivity contribution is -0.106. The van der Waals surface area contributed by atoms with Gasteiger partial charge in [0.2, 0.25) is 0 Å². The van der Waals surface area contributed by atoms with Crippen LogP contribution in [0.5, 0.6) is 0 Å². The Morgan fingerprint density at radius 3 is 2.25 bits per heavy atom. The molecule has 0 radical (unpaired) electrons. The third-order valence-corrected chi connectivity index (χ3v) is 3.65. The maximum atomic E-state index is 13.1. The molecule has 0 unspecified atom stereocenters. The SMILES string of the molecule is C/C(N)=N/N(N)Cc1ccccc1F.CC=O.CNSc1ccc(NC)cc1. The highest BCUT2D eigenvalue weighted by atomic mass is 32.2. The highest BCUT2D eigenvalue weighted by Crippen LogP contribution is 2.16. The Bertz CT molecular complexity index is 708. The number of nitrogens with two attached hydrogens (primary N) is 2. The Balaban J connectivity index is 0.000000466. The van der Waals surface area contributed by atoms with Crippen LogP contribution < -0.4 is 21.6 Å². The molecule has 0 saturated carbocycles. The van der Waals surface area contributed by atoms with Crippen LogP contribution in [0.4, 0.5) is 10.1 Å². The van der Waals surface area contributed by atoms with Gasteiger partial charge in [-0.15, -0.1) is 5.10 Å². The van der Waals surface area contributed by atoms with Crippen LogP contribution in [-0.4, -0.2) is 31.3 Å². The molecule has 6 N–H and O–H groups in total. The minimum absolute atomic E-state index is 0.196. The van der Waals surface area contributed by atoms with Gasteiger partial charge in [-0.05, 0) is 63.2 Å². The molecule has 9 heteroatoms. The fourth-order valence-electron chi connectivity index (χ4n) is 1.85. The van der Waals surface area contributed by atoms with E-state index in [1.54, 1.807) is 37.1 Å². The van der Waals surface area contributed by atoms with E-state index >= 15 is 0 Å². The van der Waals surface area contributed by atoms with Gasteiger partial charge in [-0.2, -0.15) is 0 Å². The zero-order chi connectivity index (χ0) is 21.4. The van der Waals surface area contributed by atoms with Crippen molar-refractivity contribution < 1.29 is 9.18 Å². The lowest BCUT2D eigenvalue weighted by Crippen LogP contribution is -2.28. The van der Waals surface area contributed by atoms with Gasteiger partial charge in [0, 0.05) is 23.2 Å². The highest BCUT2D eigenvalue weighted by molar-refractivity contribution is 7.97. The number of hydrazone groups is 1. The number of rotatable bonds is 6. The Kier molecular flexibility index (Phi) is 14.0. The summed E-state index contributed by atoms with van der Waals surface area (Å²) >= 11 is 1.62. The maximum absolute atomic E-state index is 13.1. The molecule has 154 valence electrons. The number of aldehydes is 1. The first-order chi connectivity index (χ1) is 13.4. The summed E-state index contributed by atoms with van der Waals surface area (Å²) < 4.78 is 16.1. The number of carbonyl (C=O) groups excluding carboxylic acids is 1. The molecule has 7 nitrogen and oxygen atoms in total. The zero-order valence-corrected chi connectivity index (χ0v) is 17.5. The molecule has 0 heterocycles. The third kappa shape index (κ3) is 11.9. The summed E-state index contributed by atoms with van der Waals surface area (Å²) in [6.07, 6.45) is 0.750. The van der Waals surface area contributed by atoms with Gasteiger partial charge >= 0.3 is 0 Å². The number of carbonyl (C=O) groups is 1. The summed E-state index contributed by atoms with van der Waals surface area (Å²) in [5.74, 6) is 5.51. The van der Waals surface area contributed by atoms with Crippen LogP contribution in [0.15, 0.2) is 58.5 Å². The van der Waals surface area contributed by atoms with E-state index in [-0.39, 0.29) is 12.4 Å². The van der Waals surface area contributed by atoms with Crippen LogP contribution in [0, 0.1) is 5.82 Å². The third-order valence-electron chi connectivity index (χ3n) is 2.94. The van der Waals surface area contributed by atoms with Crippen molar-refractivity contribution in [2.45, 2.75) is 25.3 Å². The van der Waals surface area contributed by atoms with Crippen molar-refractivity contribution in [1.29, 1.82) is 0 Å². The van der Waals surface area contributed by atoms with Crippen LogP contribution in [0.3, 0.4) is 0 Å². The number of nitrogens with one attached hydrogen (secondary N) is 2. The van der Waals surface area contributed by atoms with Gasteiger partial charge in [-0.1, -0.05) is 18.2 Å². The number of amidine groups is 1. The van der Waals surface area contributed by atoms with Crippen LogP contribution in [0.25, 0.3) is 0 Å². The predicted molar refractivity (Wildman–Crippen MR) is 116 cm³/mol. The molecule has 2 aromatic rings. The minimum Gasteiger partial charge on any atom is -0.388 e. The lowest BCUT2D eigenvalue weighted by Gasteiger charge is -2.12. The smallest absolute Gasteiger partial charge is 0.128 e. The van der Waals surface area contributed by atoms with E-state index in [9.17, 15) is 4.39 Å². The number of hydrazine groups is 1. The normalized spacial score (nSPS) is 10.0. The summed E-state index contributed by atoms with van der Waals surface area (Å²) in [7, 11) is 3.83. The number of hydrogen-bond acceptors (Lipinski definition) is 7. The fourth-order valence-corrected chi connectivity index (χ4v) is 2.35. The quantitative estimate of drug-likeness (QED) is 0.145. The molecule has 0 atom stereocenters. The van der Waals surface area contributed by atoms with Crippen molar-refractivity contribution in [3.05, 3.63) is 59.9 Å². The van der Waals surface area contributed by atoms with E-state index in [1.807, 2.05) is 14.1 Å². The Labute approximate surface area is 170 Å². The van der Waals surface area contributed by atoms with Crippen molar-refractivity contribution in [2.24, 2.45) is 16.7 Å². The van der Waals surface area contributed by atoms with E-state index in [0.29, 0.717) is 11.4 Å². The first-order valence-electron chi connectivity index (χ1n) is 8.45. The summed E-state index contributed by atoms with van der Waals surface area (Å²) in [6.45, 7) is 3.25. The van der Waals surface area contributed by atoms with Crippen molar-refractivity contribution in [1.82, 2.24) is 9.84 Å². The monoisotopic (exact) mass is 408 g/mol. The Hall–Kier alpha value is -2.62. The van der Waals surface area contributed by atoms with E-state index < -0.39 is 0 Å². The van der Waals surface area contributed by atoms with E-state index in [1.165, 1.54) is 17.9 Å². The second-order valence-corrected chi connectivity index (χ2v) is 6.33. The molecule has 28 heavy (non-hydrogen) atoms. The van der Waals surface area contributed by atoms with Gasteiger partial charge in [0.05, 0.1) is 6.54 Å². The van der Waals surface area contributed by atoms with Gasteiger partial charge in [-0.25, -0.2) is 15.4 Å². The molecule has 0 spiro atoms. The minimum atomic E-state index is -0.298. The molecule has 0 bridgehead atoms. The van der Waals surface area contributed by atoms with Gasteiger partial charge < -0.3 is 15.8 Å². The number of hydrogen-bond donors (Lipinski definition) is 4. The summed E-state index contributed by atoms with van der Waals surface area (Å²) in [6, 6.07) is 14.7. The van der Waals surface area contributed by atoms with Gasteiger partial charge in [0.25, 0.3) is 0 Å². The fraction of sp³-hybridized carbons (Fsp3) is 0.263. The Morgan fingerprint density at radius 2 is 1.79 bits per heavy atom. The highest BCUT2D eigenvalue weighted by Gasteiger charge is 2.03. The molecule has 2 rings (SSSR count). The zero-order valence-electron chi connectivity index (χ0n) is 16.6. The van der Waals surface area contributed by atoms with E-state index in [2.05, 4.69) is 39.4 Å². The van der Waals surface area contributed by atoms with Gasteiger partial charge in [0.1, 0.15) is 17.9 Å². The first kappa shape index (κ1) is 25.4. The van der Waals surface area contributed by atoms with Crippen LogP contribution in [0.1, 0.15) is 19.4 Å². The molecule has 0 aliphatic heterocycles. The number of halogens is 1. The summed E-state index contributed by atoms with van der Waals surface area (Å²) in [5.41, 5.74) is 6.95. The predicted octanol–water partition coefficient (Wildman–Crippen LogP) is 2.95. The number of nitrogens with zero attached hydrogens (tertiary/aromatic N) is 2. The van der Waals surface area contributed by atoms with Crippen LogP contribution >= 0.6 is 11.9 Å². The summed E-state index contributed by atoms with van der Waals surface area (Å²) in [4.78, 5) is 10.0. The molecule has 0 aliphatic carbocycles. The van der Waals surface area contributed by atoms with E-state index in [4.69, 9.17) is 16.4 Å². The van der Waals surface area contributed by atoms with Crippen molar-refractivity contribution >= 4 is 29.8 Å². The molecule has 0 fully saturated rings. The molecule has 0 amide bonds. The summed E-state index contributed by atoms with van der Waals surface area (Å²) in [5, 5.41) is 7.92. The molecule has 2 aromatic carbocycles. The molecule has 0 saturated heterocycles. The molecular weight excluding hydrogens is 379 g/mol. The number of anilines is 1. The van der Waals surface area contributed by atoms with Gasteiger partial charge in [-0.3, -0.25) is 4.72 Å². The second kappa shape index (κ2) is 15.4. The number of benzene rings is 2. The van der Waals surface area contributed by atoms with E-state index in [0.717, 1.165) is 17.1 Å². The van der Waals surface area contributed by atoms with Crippen molar-refractivity contribution in [3.63, 3.8) is 0 Å². The van der Waals surface area contributed by atoms with Gasteiger partial charge in [0.15, 0.2) is 0 Å². The molecule has 0 aromatic heterocycles. The maximum Gasteiger partial charge on any atom is 0.128 e. The molecule has 0 aliphatic rings. The Morgan fingerprint density at radius 1 is 1.21 bits per heavy atom. The van der Waals surface area contributed by atoms with Crippen molar-refractivity contribution in [2.75, 3.05) is 19.4 Å². The standard InChI is InChI=1S/C9H13FN4.C8H12N2S.C2H4O/c1-7(11)13-14(12)6-8-4-2-3-5-9(8)10;1-9-7-3-5-8(6-4-7)11-10-2;1-2-3/h2-5H,6,12H2,1H3,(H2,11,13);3-6,9-10H,1-2H3;2H,1H3. The average Bonchev–Trinajstić information content (AvgIpc) is 2.65.